The molecule has 0 aromatic heterocycles. The molecule has 6 atom stereocenters. The molecule has 236 valence electrons. The lowest BCUT2D eigenvalue weighted by atomic mass is 9.95. The number of hydrogen-bond acceptors (Lipinski definition) is 9. The van der Waals surface area contributed by atoms with Crippen molar-refractivity contribution in [2.75, 3.05) is 23.0 Å². The quantitative estimate of drug-likeness (QED) is 0.215. The van der Waals surface area contributed by atoms with Gasteiger partial charge in [0.2, 0.25) is 0 Å². The molecule has 0 bridgehead atoms. The lowest BCUT2D eigenvalue weighted by Gasteiger charge is -2.30. The minimum Gasteiger partial charge on any atom is -0.433 e. The molecule has 2 aliphatic carbocycles. The average Bonchev–Trinajstić information content (AvgIpc) is 3.79. The van der Waals surface area contributed by atoms with Crippen molar-refractivity contribution in [3.05, 3.63) is 107 Å². The van der Waals surface area contributed by atoms with Crippen LogP contribution in [-0.4, -0.2) is 64.7 Å². The van der Waals surface area contributed by atoms with E-state index in [2.05, 4.69) is 0 Å². The highest BCUT2D eigenvalue weighted by Crippen LogP contribution is 2.52. The monoisotopic (exact) mass is 620 g/mol. The highest BCUT2D eigenvalue weighted by molar-refractivity contribution is 5.86. The van der Waals surface area contributed by atoms with Crippen molar-refractivity contribution in [1.29, 1.82) is 0 Å². The Labute approximate surface area is 266 Å². The number of rotatable bonds is 6. The van der Waals surface area contributed by atoms with Crippen molar-refractivity contribution in [2.24, 2.45) is 0 Å². The average molecular weight is 621 g/mol. The molecule has 4 aliphatic rings. The Morgan fingerprint density at radius 2 is 0.913 bits per heavy atom. The third kappa shape index (κ3) is 4.57. The van der Waals surface area contributed by atoms with Crippen LogP contribution in [0.5, 0.6) is 0 Å². The van der Waals surface area contributed by atoms with Gasteiger partial charge in [-0.1, -0.05) is 72.8 Å². The molecule has 2 saturated heterocycles. The number of aliphatic hydroxyl groups is 4. The highest BCUT2D eigenvalue weighted by Gasteiger charge is 2.40. The molecule has 2 aliphatic heterocycles. The number of carbonyl (C=O) groups is 1. The van der Waals surface area contributed by atoms with Crippen LogP contribution in [0, 0.1) is 0 Å². The molecule has 4 aromatic rings. The molecule has 2 fully saturated rings. The number of aliphatic hydroxyl groups excluding tert-OH is 4. The highest BCUT2D eigenvalue weighted by atomic mass is 16.7. The van der Waals surface area contributed by atoms with Gasteiger partial charge in [0.25, 0.3) is 0 Å². The maximum absolute atomic E-state index is 13.3. The van der Waals surface area contributed by atoms with Crippen molar-refractivity contribution in [2.45, 2.75) is 62.4 Å². The van der Waals surface area contributed by atoms with Gasteiger partial charge in [-0.05, 0) is 82.3 Å². The van der Waals surface area contributed by atoms with E-state index in [4.69, 9.17) is 9.47 Å². The van der Waals surface area contributed by atoms with Gasteiger partial charge in [0.05, 0.1) is 0 Å². The van der Waals surface area contributed by atoms with Crippen molar-refractivity contribution in [3.63, 3.8) is 0 Å². The summed E-state index contributed by atoms with van der Waals surface area (Å²) in [4.78, 5) is 16.6. The second-order valence-electron chi connectivity index (χ2n) is 12.5. The fourth-order valence-electron chi connectivity index (χ4n) is 8.04. The first-order valence-electron chi connectivity index (χ1n) is 15.9. The molecule has 0 amide bonds. The normalized spacial score (nSPS) is 25.7. The predicted molar refractivity (Wildman–Crippen MR) is 172 cm³/mol. The second-order valence-corrected chi connectivity index (χ2v) is 12.5. The zero-order valence-electron chi connectivity index (χ0n) is 25.2. The lowest BCUT2D eigenvalue weighted by Crippen LogP contribution is -2.37. The first-order valence-corrected chi connectivity index (χ1v) is 15.9. The van der Waals surface area contributed by atoms with E-state index in [1.165, 1.54) is 0 Å². The molecule has 8 rings (SSSR count). The van der Waals surface area contributed by atoms with Crippen LogP contribution in [0.25, 0.3) is 22.3 Å². The van der Waals surface area contributed by atoms with Crippen LogP contribution < -0.4 is 9.80 Å². The summed E-state index contributed by atoms with van der Waals surface area (Å²) in [6, 6.07) is 27.6. The zero-order valence-corrected chi connectivity index (χ0v) is 25.2. The van der Waals surface area contributed by atoms with E-state index in [1.807, 2.05) is 84.9 Å². The summed E-state index contributed by atoms with van der Waals surface area (Å²) in [5.41, 5.74) is 9.31. The van der Waals surface area contributed by atoms with E-state index in [0.29, 0.717) is 25.7 Å². The molecule has 4 aromatic carbocycles. The summed E-state index contributed by atoms with van der Waals surface area (Å²) >= 11 is 0. The van der Waals surface area contributed by atoms with Crippen molar-refractivity contribution >= 4 is 17.5 Å². The summed E-state index contributed by atoms with van der Waals surface area (Å²) in [6.45, 7) is 0.0459. The third-order valence-corrected chi connectivity index (χ3v) is 10.1. The van der Waals surface area contributed by atoms with Gasteiger partial charge in [0, 0.05) is 23.2 Å². The van der Waals surface area contributed by atoms with E-state index in [1.54, 1.807) is 9.80 Å². The summed E-state index contributed by atoms with van der Waals surface area (Å²) in [7, 11) is 0. The molecule has 6 unspecified atom stereocenters. The van der Waals surface area contributed by atoms with Crippen LogP contribution in [-0.2, 0) is 9.47 Å². The van der Waals surface area contributed by atoms with Gasteiger partial charge in [-0.3, -0.25) is 0 Å². The van der Waals surface area contributed by atoms with Gasteiger partial charge < -0.3 is 39.7 Å². The number of nitrogens with zero attached hydrogens (tertiary/aromatic N) is 2. The molecule has 4 N–H and O–H groups in total. The topological polar surface area (TPSA) is 123 Å². The Kier molecular flexibility index (Phi) is 7.21. The standard InChI is InChI=1S/C37H36N2O7/c40-31-15-16-32(41)38(31)29-13-5-11-25-21-7-1-3-9-23(21)27(35(25)29)19-45-37(44)46-20-28-24-10-4-2-8-22(24)26-12-6-14-30(36(26)28)39-33(42)17-18-34(39)43/h1-14,27-28,31-34,40-43H,15-20H2. The zero-order chi connectivity index (χ0) is 31.5. The van der Waals surface area contributed by atoms with Crippen molar-refractivity contribution in [3.8, 4) is 22.3 Å². The van der Waals surface area contributed by atoms with Gasteiger partial charge in [-0.15, -0.1) is 0 Å². The summed E-state index contributed by atoms with van der Waals surface area (Å²) in [6.07, 6.45) is -2.14. The van der Waals surface area contributed by atoms with Crippen LogP contribution in [0.3, 0.4) is 0 Å². The minimum absolute atomic E-state index is 0.0230. The van der Waals surface area contributed by atoms with E-state index in [9.17, 15) is 25.2 Å². The number of anilines is 2. The number of ether oxygens (including phenoxy) is 2. The molecule has 46 heavy (non-hydrogen) atoms. The van der Waals surface area contributed by atoms with Gasteiger partial charge >= 0.3 is 6.16 Å². The van der Waals surface area contributed by atoms with Gasteiger partial charge in [-0.2, -0.15) is 0 Å². The van der Waals surface area contributed by atoms with Crippen LogP contribution in [0.15, 0.2) is 84.9 Å². The smallest absolute Gasteiger partial charge is 0.433 e. The largest absolute Gasteiger partial charge is 0.508 e. The molecule has 0 spiro atoms. The maximum Gasteiger partial charge on any atom is 0.508 e. The van der Waals surface area contributed by atoms with E-state index < -0.39 is 31.1 Å². The summed E-state index contributed by atoms with van der Waals surface area (Å²) < 4.78 is 11.6. The van der Waals surface area contributed by atoms with E-state index >= 15 is 0 Å². The minimum atomic E-state index is -0.804. The SMILES string of the molecule is O=C(OCC1c2ccccc2-c2cccc(N3C(O)CCC3O)c21)OCC1c2ccccc2-c2cccc(N3C(O)CCC3O)c21. The Balaban J connectivity index is 1.05. The predicted octanol–water partition coefficient (Wildman–Crippen LogP) is 5.24. The van der Waals surface area contributed by atoms with E-state index in [0.717, 1.165) is 55.9 Å². The third-order valence-electron chi connectivity index (χ3n) is 10.1. The lowest BCUT2D eigenvalue weighted by molar-refractivity contribution is 0.0513. The molecule has 0 radical (unpaired) electrons. The first-order chi connectivity index (χ1) is 22.4. The van der Waals surface area contributed by atoms with Crippen molar-refractivity contribution < 1.29 is 34.7 Å². The van der Waals surface area contributed by atoms with Crippen molar-refractivity contribution in [1.82, 2.24) is 0 Å². The molecule has 2 heterocycles. The summed E-state index contributed by atoms with van der Waals surface area (Å²) in [5.74, 6) is -0.625. The van der Waals surface area contributed by atoms with Gasteiger partial charge in [-0.25, -0.2) is 4.79 Å². The molecular formula is C37H36N2O7. The Hall–Kier alpha value is -4.41. The molecular weight excluding hydrogens is 584 g/mol. The Morgan fingerprint density at radius 1 is 0.543 bits per heavy atom. The molecule has 0 saturated carbocycles. The van der Waals surface area contributed by atoms with E-state index in [-0.39, 0.29) is 25.0 Å². The number of carbonyl (C=O) groups excluding carboxylic acids is 1. The number of benzene rings is 4. The first kappa shape index (κ1) is 29.0. The maximum atomic E-state index is 13.3. The van der Waals surface area contributed by atoms with Crippen LogP contribution in [0.2, 0.25) is 0 Å². The fourth-order valence-corrected chi connectivity index (χ4v) is 8.04. The molecule has 9 nitrogen and oxygen atoms in total. The molecule has 9 heteroatoms. The number of fused-ring (bicyclic) bond motifs is 6. The van der Waals surface area contributed by atoms with Crippen LogP contribution >= 0.6 is 0 Å². The summed E-state index contributed by atoms with van der Waals surface area (Å²) in [5, 5.41) is 42.9. The second kappa shape index (κ2) is 11.4. The fraction of sp³-hybridized carbons (Fsp3) is 0.324. The Morgan fingerprint density at radius 3 is 1.33 bits per heavy atom. The van der Waals surface area contributed by atoms with Gasteiger partial charge in [0.1, 0.15) is 38.1 Å². The van der Waals surface area contributed by atoms with Crippen LogP contribution in [0.1, 0.15) is 59.8 Å². The van der Waals surface area contributed by atoms with Gasteiger partial charge in [0.15, 0.2) is 0 Å². The van der Waals surface area contributed by atoms with Crippen LogP contribution in [0.4, 0.5) is 16.2 Å². The number of hydrogen-bond donors (Lipinski definition) is 4. The Bertz CT molecular complexity index is 1660.